The lowest BCUT2D eigenvalue weighted by atomic mass is 10.2. The molecular weight excluding hydrogens is 381 g/mol. The molecule has 0 saturated heterocycles. The van der Waals surface area contributed by atoms with E-state index in [0.717, 1.165) is 11.3 Å². The summed E-state index contributed by atoms with van der Waals surface area (Å²) in [5.41, 5.74) is 2.58. The molecular formula is C24H26FN3O2. The van der Waals surface area contributed by atoms with E-state index in [-0.39, 0.29) is 11.8 Å². The predicted octanol–water partition coefficient (Wildman–Crippen LogP) is 5.29. The van der Waals surface area contributed by atoms with Gasteiger partial charge in [-0.05, 0) is 48.9 Å². The van der Waals surface area contributed by atoms with Gasteiger partial charge in [0.15, 0.2) is 0 Å². The van der Waals surface area contributed by atoms with Crippen LogP contribution < -0.4 is 10.1 Å². The summed E-state index contributed by atoms with van der Waals surface area (Å²) in [6, 6.07) is 17.4. The summed E-state index contributed by atoms with van der Waals surface area (Å²) in [4.78, 5) is 14.6. The Balaban J connectivity index is 1.73. The highest BCUT2D eigenvalue weighted by Crippen LogP contribution is 2.24. The molecule has 0 aliphatic heterocycles. The van der Waals surface area contributed by atoms with Crippen LogP contribution >= 0.6 is 0 Å². The monoisotopic (exact) mass is 407 g/mol. The summed E-state index contributed by atoms with van der Waals surface area (Å²) < 4.78 is 20.8. The lowest BCUT2D eigenvalue weighted by molar-refractivity contribution is 0.213. The van der Waals surface area contributed by atoms with Crippen LogP contribution in [0.4, 0.5) is 14.9 Å². The topological polar surface area (TPSA) is 46.5 Å². The first-order chi connectivity index (χ1) is 14.6. The van der Waals surface area contributed by atoms with Crippen molar-refractivity contribution in [1.29, 1.82) is 0 Å². The van der Waals surface area contributed by atoms with E-state index >= 15 is 0 Å². The third-order valence-electron chi connectivity index (χ3n) is 4.61. The van der Waals surface area contributed by atoms with Gasteiger partial charge in [-0.1, -0.05) is 30.3 Å². The van der Waals surface area contributed by atoms with Crippen molar-refractivity contribution in [1.82, 2.24) is 9.47 Å². The number of para-hydroxylation sites is 2. The first kappa shape index (κ1) is 21.2. The first-order valence-electron chi connectivity index (χ1n) is 9.87. The second-order valence-electron chi connectivity index (χ2n) is 6.78. The molecule has 5 nitrogen and oxygen atoms in total. The van der Waals surface area contributed by atoms with E-state index in [1.807, 2.05) is 54.1 Å². The van der Waals surface area contributed by atoms with E-state index in [1.165, 1.54) is 12.1 Å². The molecule has 0 aliphatic rings. The molecule has 156 valence electrons. The fraction of sp³-hybridized carbons (Fsp3) is 0.208. The van der Waals surface area contributed by atoms with Gasteiger partial charge in [0.25, 0.3) is 0 Å². The molecule has 3 rings (SSSR count). The van der Waals surface area contributed by atoms with Crippen molar-refractivity contribution in [2.45, 2.75) is 20.0 Å². The van der Waals surface area contributed by atoms with Gasteiger partial charge in [0, 0.05) is 25.0 Å². The maximum absolute atomic E-state index is 13.2. The fourth-order valence-corrected chi connectivity index (χ4v) is 3.15. The average Bonchev–Trinajstić information content (AvgIpc) is 3.17. The number of anilines is 1. The van der Waals surface area contributed by atoms with Crippen molar-refractivity contribution in [3.05, 3.63) is 96.6 Å². The number of carbonyl (C=O) groups excluding carboxylic acids is 1. The Labute approximate surface area is 176 Å². The van der Waals surface area contributed by atoms with Crippen molar-refractivity contribution in [2.24, 2.45) is 0 Å². The molecule has 0 unspecified atom stereocenters. The molecule has 0 radical (unpaired) electrons. The summed E-state index contributed by atoms with van der Waals surface area (Å²) in [6.07, 6.45) is 3.65. The molecule has 0 spiro atoms. The Bertz CT molecular complexity index is 982. The zero-order valence-electron chi connectivity index (χ0n) is 17.1. The number of nitrogens with one attached hydrogen (secondary N) is 1. The summed E-state index contributed by atoms with van der Waals surface area (Å²) in [7, 11) is 0. The summed E-state index contributed by atoms with van der Waals surface area (Å²) in [5, 5.41) is 2.93. The molecule has 0 bridgehead atoms. The summed E-state index contributed by atoms with van der Waals surface area (Å²) >= 11 is 0. The molecule has 30 heavy (non-hydrogen) atoms. The van der Waals surface area contributed by atoms with Crippen molar-refractivity contribution in [3.63, 3.8) is 0 Å². The number of ether oxygens (including phenoxy) is 1. The van der Waals surface area contributed by atoms with Crippen LogP contribution in [0.3, 0.4) is 0 Å². The molecule has 0 aliphatic carbocycles. The van der Waals surface area contributed by atoms with Crippen LogP contribution in [0.2, 0.25) is 0 Å². The standard InChI is InChI=1S/C24H26FN3O2/c1-3-15-28(24(29)26-22-9-5-6-10-23(22)30-4-2)18-21-8-7-16-27(21)17-19-11-13-20(25)14-12-19/h3,5-14,16H,1,4,15,17-18H2,2H3,(H,26,29). The van der Waals surface area contributed by atoms with Gasteiger partial charge in [-0.3, -0.25) is 0 Å². The third kappa shape index (κ3) is 5.50. The van der Waals surface area contributed by atoms with Crippen LogP contribution in [0, 0.1) is 5.82 Å². The number of urea groups is 1. The Hall–Kier alpha value is -3.54. The highest BCUT2D eigenvalue weighted by atomic mass is 19.1. The summed E-state index contributed by atoms with van der Waals surface area (Å²) in [6.45, 7) is 7.59. The largest absolute Gasteiger partial charge is 0.492 e. The third-order valence-corrected chi connectivity index (χ3v) is 4.61. The van der Waals surface area contributed by atoms with E-state index in [9.17, 15) is 9.18 Å². The molecule has 2 aromatic carbocycles. The highest BCUT2D eigenvalue weighted by molar-refractivity contribution is 5.91. The van der Waals surface area contributed by atoms with Crippen molar-refractivity contribution in [2.75, 3.05) is 18.5 Å². The maximum atomic E-state index is 13.2. The van der Waals surface area contributed by atoms with Crippen molar-refractivity contribution in [3.8, 4) is 5.75 Å². The van der Waals surface area contributed by atoms with Gasteiger partial charge in [0.1, 0.15) is 11.6 Å². The smallest absolute Gasteiger partial charge is 0.322 e. The van der Waals surface area contributed by atoms with E-state index < -0.39 is 0 Å². The number of carbonyl (C=O) groups is 1. The predicted molar refractivity (Wildman–Crippen MR) is 117 cm³/mol. The quantitative estimate of drug-likeness (QED) is 0.490. The molecule has 1 heterocycles. The Morgan fingerprint density at radius 2 is 1.93 bits per heavy atom. The van der Waals surface area contributed by atoms with Crippen molar-refractivity contribution < 1.29 is 13.9 Å². The molecule has 3 aromatic rings. The molecule has 2 amide bonds. The van der Waals surface area contributed by atoms with Gasteiger partial charge in [-0.25, -0.2) is 9.18 Å². The Kier molecular flexibility index (Phi) is 7.27. The lowest BCUT2D eigenvalue weighted by Gasteiger charge is -2.23. The normalized spacial score (nSPS) is 10.5. The minimum Gasteiger partial charge on any atom is -0.492 e. The Morgan fingerprint density at radius 1 is 1.17 bits per heavy atom. The molecule has 0 fully saturated rings. The zero-order valence-corrected chi connectivity index (χ0v) is 17.1. The van der Waals surface area contributed by atoms with E-state index in [0.29, 0.717) is 37.7 Å². The van der Waals surface area contributed by atoms with Gasteiger partial charge in [0.05, 0.1) is 18.8 Å². The van der Waals surface area contributed by atoms with E-state index in [1.54, 1.807) is 23.1 Å². The molecule has 0 saturated carbocycles. The second-order valence-corrected chi connectivity index (χ2v) is 6.78. The minimum atomic E-state index is -0.257. The van der Waals surface area contributed by atoms with Crippen LogP contribution in [0.15, 0.2) is 79.5 Å². The number of halogens is 1. The number of nitrogens with zero attached hydrogens (tertiary/aromatic N) is 2. The highest BCUT2D eigenvalue weighted by Gasteiger charge is 2.16. The van der Waals surface area contributed by atoms with Gasteiger partial charge in [-0.15, -0.1) is 6.58 Å². The Morgan fingerprint density at radius 3 is 2.67 bits per heavy atom. The molecule has 0 atom stereocenters. The number of hydrogen-bond donors (Lipinski definition) is 1. The van der Waals surface area contributed by atoms with Crippen LogP contribution in [0.1, 0.15) is 18.2 Å². The number of amides is 2. The van der Waals surface area contributed by atoms with Gasteiger partial charge in [0.2, 0.25) is 0 Å². The lowest BCUT2D eigenvalue weighted by Crippen LogP contribution is -2.35. The number of rotatable bonds is 9. The van der Waals surface area contributed by atoms with Crippen LogP contribution in [0.5, 0.6) is 5.75 Å². The van der Waals surface area contributed by atoms with E-state index in [2.05, 4.69) is 11.9 Å². The fourth-order valence-electron chi connectivity index (χ4n) is 3.15. The van der Waals surface area contributed by atoms with Crippen molar-refractivity contribution >= 4 is 11.7 Å². The van der Waals surface area contributed by atoms with Gasteiger partial charge >= 0.3 is 6.03 Å². The molecule has 1 N–H and O–H groups in total. The summed E-state index contributed by atoms with van der Waals surface area (Å²) in [5.74, 6) is 0.374. The SMILES string of the molecule is C=CCN(Cc1cccn1Cc1ccc(F)cc1)C(=O)Nc1ccccc1OCC. The van der Waals surface area contributed by atoms with Crippen LogP contribution in [-0.2, 0) is 13.1 Å². The second kappa shape index (κ2) is 10.3. The van der Waals surface area contributed by atoms with Crippen LogP contribution in [-0.4, -0.2) is 28.6 Å². The maximum Gasteiger partial charge on any atom is 0.322 e. The molecule has 6 heteroatoms. The molecule has 1 aromatic heterocycles. The average molecular weight is 407 g/mol. The minimum absolute atomic E-state index is 0.239. The zero-order chi connectivity index (χ0) is 21.3. The number of aromatic nitrogens is 1. The van der Waals surface area contributed by atoms with Crippen LogP contribution in [0.25, 0.3) is 0 Å². The first-order valence-corrected chi connectivity index (χ1v) is 9.87. The number of hydrogen-bond acceptors (Lipinski definition) is 2. The number of benzene rings is 2. The van der Waals surface area contributed by atoms with Gasteiger partial charge in [-0.2, -0.15) is 0 Å². The van der Waals surface area contributed by atoms with Gasteiger partial charge < -0.3 is 19.5 Å². The van der Waals surface area contributed by atoms with E-state index in [4.69, 9.17) is 4.74 Å².